The number of nitrogens with zero attached hydrogens (tertiary/aromatic N) is 1. The quantitative estimate of drug-likeness (QED) is 0.674. The Morgan fingerprint density at radius 1 is 1.54 bits per heavy atom. The van der Waals surface area contributed by atoms with Crippen LogP contribution >= 0.6 is 0 Å². The molecule has 0 amide bonds. The van der Waals surface area contributed by atoms with E-state index in [1.807, 2.05) is 25.3 Å². The van der Waals surface area contributed by atoms with Gasteiger partial charge < -0.3 is 15.4 Å². The van der Waals surface area contributed by atoms with Crippen molar-refractivity contribution in [1.82, 2.24) is 4.57 Å². The maximum absolute atomic E-state index is 8.64. The molecule has 0 aliphatic carbocycles. The Hall–Kier alpha value is -0.800. The average Bonchev–Trinajstić information content (AvgIpc) is 2.53. The summed E-state index contributed by atoms with van der Waals surface area (Å²) in [5.41, 5.74) is 6.96. The van der Waals surface area contributed by atoms with Gasteiger partial charge in [0.25, 0.3) is 0 Å². The summed E-state index contributed by atoms with van der Waals surface area (Å²) >= 11 is 0. The molecule has 0 aliphatic rings. The number of aliphatic hydroxyl groups is 1. The van der Waals surface area contributed by atoms with E-state index in [1.54, 1.807) is 0 Å². The number of hydrogen-bond acceptors (Lipinski definition) is 2. The first-order chi connectivity index (χ1) is 6.25. The molecule has 13 heavy (non-hydrogen) atoms. The molecule has 1 unspecified atom stereocenters. The molecule has 0 saturated heterocycles. The summed E-state index contributed by atoms with van der Waals surface area (Å²) in [6.07, 6.45) is 3.90. The fourth-order valence-corrected chi connectivity index (χ4v) is 1.44. The molecule has 74 valence electrons. The Labute approximate surface area is 79.2 Å². The Balaban J connectivity index is 2.50. The summed E-state index contributed by atoms with van der Waals surface area (Å²) in [6.45, 7) is 3.21. The minimum Gasteiger partial charge on any atom is -0.396 e. The van der Waals surface area contributed by atoms with Crippen LogP contribution in [0.4, 0.5) is 0 Å². The van der Waals surface area contributed by atoms with Crippen molar-refractivity contribution in [3.8, 4) is 0 Å². The topological polar surface area (TPSA) is 51.2 Å². The SMILES string of the molecule is CC(N)c1cccn1CCCCO. The van der Waals surface area contributed by atoms with Gasteiger partial charge in [-0.3, -0.25) is 0 Å². The second-order valence-electron chi connectivity index (χ2n) is 3.35. The molecule has 1 aromatic rings. The maximum atomic E-state index is 8.64. The maximum Gasteiger partial charge on any atom is 0.0431 e. The predicted octanol–water partition coefficient (Wildman–Crippen LogP) is 1.28. The fraction of sp³-hybridized carbons (Fsp3) is 0.600. The number of aryl methyl sites for hydroxylation is 1. The molecule has 0 saturated carbocycles. The summed E-state index contributed by atoms with van der Waals surface area (Å²) < 4.78 is 2.15. The predicted molar refractivity (Wildman–Crippen MR) is 53.4 cm³/mol. The van der Waals surface area contributed by atoms with Crippen LogP contribution in [0.25, 0.3) is 0 Å². The summed E-state index contributed by atoms with van der Waals surface area (Å²) in [5.74, 6) is 0. The third-order valence-electron chi connectivity index (χ3n) is 2.14. The van der Waals surface area contributed by atoms with E-state index in [2.05, 4.69) is 4.57 Å². The van der Waals surface area contributed by atoms with Crippen LogP contribution in [0, 0.1) is 0 Å². The zero-order valence-corrected chi connectivity index (χ0v) is 8.11. The summed E-state index contributed by atoms with van der Waals surface area (Å²) in [6, 6.07) is 4.14. The van der Waals surface area contributed by atoms with Crippen molar-refractivity contribution < 1.29 is 5.11 Å². The van der Waals surface area contributed by atoms with Crippen LogP contribution in [0.3, 0.4) is 0 Å². The molecule has 1 rings (SSSR count). The van der Waals surface area contributed by atoms with Crippen molar-refractivity contribution in [3.05, 3.63) is 24.0 Å². The van der Waals surface area contributed by atoms with Gasteiger partial charge in [0.2, 0.25) is 0 Å². The lowest BCUT2D eigenvalue weighted by molar-refractivity contribution is 0.281. The van der Waals surface area contributed by atoms with Gasteiger partial charge in [-0.05, 0) is 31.9 Å². The van der Waals surface area contributed by atoms with Crippen LogP contribution in [-0.4, -0.2) is 16.3 Å². The third-order valence-corrected chi connectivity index (χ3v) is 2.14. The molecular weight excluding hydrogens is 164 g/mol. The van der Waals surface area contributed by atoms with Crippen molar-refractivity contribution in [2.24, 2.45) is 5.73 Å². The minimum atomic E-state index is 0.0872. The number of nitrogens with two attached hydrogens (primary N) is 1. The Bertz CT molecular complexity index is 243. The van der Waals surface area contributed by atoms with Gasteiger partial charge in [-0.15, -0.1) is 0 Å². The molecular formula is C10H18N2O. The first-order valence-corrected chi connectivity index (χ1v) is 4.77. The van der Waals surface area contributed by atoms with E-state index in [0.717, 1.165) is 25.1 Å². The number of unbranched alkanes of at least 4 members (excludes halogenated alkanes) is 1. The Kier molecular flexibility index (Phi) is 3.99. The lowest BCUT2D eigenvalue weighted by atomic mass is 10.2. The van der Waals surface area contributed by atoms with Gasteiger partial charge in [-0.2, -0.15) is 0 Å². The fourth-order valence-electron chi connectivity index (χ4n) is 1.44. The number of aromatic nitrogens is 1. The van der Waals surface area contributed by atoms with E-state index in [4.69, 9.17) is 10.8 Å². The van der Waals surface area contributed by atoms with Gasteiger partial charge in [-0.1, -0.05) is 0 Å². The van der Waals surface area contributed by atoms with Crippen molar-refractivity contribution in [3.63, 3.8) is 0 Å². The van der Waals surface area contributed by atoms with Gasteiger partial charge in [0.15, 0.2) is 0 Å². The van der Waals surface area contributed by atoms with E-state index in [1.165, 1.54) is 0 Å². The van der Waals surface area contributed by atoms with E-state index in [9.17, 15) is 0 Å². The first-order valence-electron chi connectivity index (χ1n) is 4.77. The van der Waals surface area contributed by atoms with Crippen LogP contribution in [0.1, 0.15) is 31.5 Å². The molecule has 1 heterocycles. The van der Waals surface area contributed by atoms with E-state index in [-0.39, 0.29) is 12.6 Å². The standard InChI is InChI=1S/C10H18N2O/c1-9(11)10-5-4-7-12(10)6-2-3-8-13/h4-5,7,9,13H,2-3,6,8,11H2,1H3. The highest BCUT2D eigenvalue weighted by Gasteiger charge is 2.04. The van der Waals surface area contributed by atoms with E-state index >= 15 is 0 Å². The van der Waals surface area contributed by atoms with Crippen molar-refractivity contribution >= 4 is 0 Å². The highest BCUT2D eigenvalue weighted by Crippen LogP contribution is 2.11. The molecule has 0 radical (unpaired) electrons. The van der Waals surface area contributed by atoms with Gasteiger partial charge >= 0.3 is 0 Å². The lowest BCUT2D eigenvalue weighted by Crippen LogP contribution is -2.12. The van der Waals surface area contributed by atoms with Crippen LogP contribution in [0.2, 0.25) is 0 Å². The van der Waals surface area contributed by atoms with Crippen LogP contribution in [0.5, 0.6) is 0 Å². The number of rotatable bonds is 5. The van der Waals surface area contributed by atoms with Gasteiger partial charge in [0.1, 0.15) is 0 Å². The van der Waals surface area contributed by atoms with E-state index < -0.39 is 0 Å². The van der Waals surface area contributed by atoms with Gasteiger partial charge in [-0.25, -0.2) is 0 Å². The smallest absolute Gasteiger partial charge is 0.0431 e. The highest BCUT2D eigenvalue weighted by molar-refractivity contribution is 5.10. The second kappa shape index (κ2) is 5.04. The normalized spacial score (nSPS) is 13.2. The van der Waals surface area contributed by atoms with Gasteiger partial charge in [0.05, 0.1) is 0 Å². The van der Waals surface area contributed by atoms with Gasteiger partial charge in [0, 0.05) is 31.1 Å². The molecule has 0 fully saturated rings. The first kappa shape index (κ1) is 10.3. The molecule has 1 aromatic heterocycles. The van der Waals surface area contributed by atoms with Crippen molar-refractivity contribution in [2.45, 2.75) is 32.4 Å². The summed E-state index contributed by atoms with van der Waals surface area (Å²) in [4.78, 5) is 0. The summed E-state index contributed by atoms with van der Waals surface area (Å²) in [7, 11) is 0. The Morgan fingerprint density at radius 2 is 2.31 bits per heavy atom. The second-order valence-corrected chi connectivity index (χ2v) is 3.35. The summed E-state index contributed by atoms with van der Waals surface area (Å²) in [5, 5.41) is 8.64. The number of hydrogen-bond donors (Lipinski definition) is 2. The van der Waals surface area contributed by atoms with Crippen LogP contribution in [0.15, 0.2) is 18.3 Å². The molecule has 0 aromatic carbocycles. The minimum absolute atomic E-state index is 0.0872. The highest BCUT2D eigenvalue weighted by atomic mass is 16.2. The van der Waals surface area contributed by atoms with Crippen LogP contribution < -0.4 is 5.73 Å². The third kappa shape index (κ3) is 2.86. The van der Waals surface area contributed by atoms with Crippen molar-refractivity contribution in [1.29, 1.82) is 0 Å². The molecule has 0 spiro atoms. The number of aliphatic hydroxyl groups excluding tert-OH is 1. The monoisotopic (exact) mass is 182 g/mol. The van der Waals surface area contributed by atoms with Crippen LogP contribution in [-0.2, 0) is 6.54 Å². The van der Waals surface area contributed by atoms with E-state index in [0.29, 0.717) is 0 Å². The molecule has 0 aliphatic heterocycles. The zero-order chi connectivity index (χ0) is 9.68. The molecule has 3 nitrogen and oxygen atoms in total. The Morgan fingerprint density at radius 3 is 2.92 bits per heavy atom. The average molecular weight is 182 g/mol. The molecule has 3 N–H and O–H groups in total. The molecule has 0 bridgehead atoms. The lowest BCUT2D eigenvalue weighted by Gasteiger charge is -2.11. The zero-order valence-electron chi connectivity index (χ0n) is 8.11. The molecule has 3 heteroatoms. The largest absolute Gasteiger partial charge is 0.396 e. The van der Waals surface area contributed by atoms with Crippen molar-refractivity contribution in [2.75, 3.05) is 6.61 Å². The molecule has 1 atom stereocenters.